The Bertz CT molecular complexity index is 424. The Kier molecular flexibility index (Phi) is 6.08. The molecule has 1 rings (SSSR count). The van der Waals surface area contributed by atoms with Gasteiger partial charge in [0, 0.05) is 32.4 Å². The summed E-state index contributed by atoms with van der Waals surface area (Å²) >= 11 is 0. The van der Waals surface area contributed by atoms with Crippen LogP contribution < -0.4 is 14.8 Å². The fraction of sp³-hybridized carbons (Fsp3) is 0.538. The number of nitrogens with one attached hydrogen (secondary N) is 1. The number of nitrogens with zero attached hydrogens (tertiary/aromatic N) is 2. The van der Waals surface area contributed by atoms with Crippen LogP contribution in [0.25, 0.3) is 0 Å². The van der Waals surface area contributed by atoms with Crippen molar-refractivity contribution in [1.29, 1.82) is 0 Å². The van der Waals surface area contributed by atoms with E-state index in [-0.39, 0.29) is 12.5 Å². The highest BCUT2D eigenvalue weighted by atomic mass is 16.5. The summed E-state index contributed by atoms with van der Waals surface area (Å²) in [5.41, 5.74) is 0.716. The predicted octanol–water partition coefficient (Wildman–Crippen LogP) is 0.667. The van der Waals surface area contributed by atoms with E-state index in [2.05, 4.69) is 10.3 Å². The molecule has 0 aliphatic rings. The van der Waals surface area contributed by atoms with Gasteiger partial charge in [-0.25, -0.2) is 0 Å². The molecule has 1 aromatic rings. The van der Waals surface area contributed by atoms with Gasteiger partial charge < -0.3 is 19.7 Å². The Balaban J connectivity index is 2.61. The zero-order valence-electron chi connectivity index (χ0n) is 11.9. The number of aromatic nitrogens is 1. The third kappa shape index (κ3) is 4.10. The highest BCUT2D eigenvalue weighted by molar-refractivity contribution is 5.77. The van der Waals surface area contributed by atoms with Crippen LogP contribution in [0.5, 0.6) is 11.5 Å². The SMILES string of the molecule is CCN(C)C(=O)CNCc1nccc(OC)c1OC. The zero-order valence-corrected chi connectivity index (χ0v) is 11.9. The molecule has 0 fully saturated rings. The molecule has 6 heteroatoms. The number of pyridine rings is 1. The van der Waals surface area contributed by atoms with Crippen LogP contribution in [0.15, 0.2) is 12.3 Å². The number of amides is 1. The van der Waals surface area contributed by atoms with E-state index in [1.54, 1.807) is 38.4 Å². The number of carbonyl (C=O) groups excluding carboxylic acids is 1. The second-order valence-electron chi connectivity index (χ2n) is 4.00. The summed E-state index contributed by atoms with van der Waals surface area (Å²) in [7, 11) is 4.92. The maximum absolute atomic E-state index is 11.6. The standard InChI is InChI=1S/C13H21N3O3/c1-5-16(2)12(17)9-14-8-10-13(19-4)11(18-3)6-7-15-10/h6-7,14H,5,8-9H2,1-4H3. The minimum atomic E-state index is 0.0457. The summed E-state index contributed by atoms with van der Waals surface area (Å²) in [5, 5.41) is 3.05. The minimum Gasteiger partial charge on any atom is -0.493 e. The van der Waals surface area contributed by atoms with E-state index in [4.69, 9.17) is 9.47 Å². The first kappa shape index (κ1) is 15.2. The van der Waals surface area contributed by atoms with Crippen LogP contribution in [0.2, 0.25) is 0 Å². The predicted molar refractivity (Wildman–Crippen MR) is 72.4 cm³/mol. The lowest BCUT2D eigenvalue weighted by molar-refractivity contribution is -0.128. The molecular formula is C13H21N3O3. The second kappa shape index (κ2) is 7.58. The van der Waals surface area contributed by atoms with Gasteiger partial charge in [0.2, 0.25) is 5.91 Å². The van der Waals surface area contributed by atoms with Crippen LogP contribution >= 0.6 is 0 Å². The summed E-state index contributed by atoms with van der Waals surface area (Å²) in [6.45, 7) is 3.35. The molecule has 6 nitrogen and oxygen atoms in total. The van der Waals surface area contributed by atoms with Gasteiger partial charge in [0.05, 0.1) is 26.5 Å². The smallest absolute Gasteiger partial charge is 0.236 e. The number of carbonyl (C=O) groups is 1. The Morgan fingerprint density at radius 2 is 2.16 bits per heavy atom. The summed E-state index contributed by atoms with van der Waals surface area (Å²) in [5.74, 6) is 1.27. The van der Waals surface area contributed by atoms with Gasteiger partial charge in [-0.15, -0.1) is 0 Å². The Hall–Kier alpha value is -1.82. The van der Waals surface area contributed by atoms with Crippen LogP contribution in [0, 0.1) is 0 Å². The van der Waals surface area contributed by atoms with E-state index < -0.39 is 0 Å². The van der Waals surface area contributed by atoms with Gasteiger partial charge in [-0.05, 0) is 6.92 Å². The first-order chi connectivity index (χ1) is 9.13. The highest BCUT2D eigenvalue weighted by Crippen LogP contribution is 2.28. The maximum atomic E-state index is 11.6. The first-order valence-corrected chi connectivity index (χ1v) is 6.14. The molecule has 106 valence electrons. The normalized spacial score (nSPS) is 10.1. The summed E-state index contributed by atoms with van der Waals surface area (Å²) < 4.78 is 10.5. The first-order valence-electron chi connectivity index (χ1n) is 6.14. The van der Waals surface area contributed by atoms with Gasteiger partial charge in [-0.2, -0.15) is 0 Å². The third-order valence-corrected chi connectivity index (χ3v) is 2.83. The molecule has 0 aliphatic carbocycles. The number of ether oxygens (including phenoxy) is 2. The Morgan fingerprint density at radius 1 is 1.42 bits per heavy atom. The molecule has 0 saturated carbocycles. The molecule has 0 unspecified atom stereocenters. The summed E-state index contributed by atoms with van der Waals surface area (Å²) in [6, 6.07) is 1.73. The zero-order chi connectivity index (χ0) is 14.3. The molecule has 0 aliphatic heterocycles. The monoisotopic (exact) mass is 267 g/mol. The number of likely N-dealkylation sites (N-methyl/N-ethyl adjacent to an activating group) is 1. The van der Waals surface area contributed by atoms with Gasteiger partial charge in [0.15, 0.2) is 11.5 Å². The molecule has 1 aromatic heterocycles. The highest BCUT2D eigenvalue weighted by Gasteiger charge is 2.11. The maximum Gasteiger partial charge on any atom is 0.236 e. The van der Waals surface area contributed by atoms with E-state index >= 15 is 0 Å². The molecule has 0 radical (unpaired) electrons. The van der Waals surface area contributed by atoms with Crippen molar-refractivity contribution in [3.8, 4) is 11.5 Å². The average molecular weight is 267 g/mol. The van der Waals surface area contributed by atoms with Gasteiger partial charge >= 0.3 is 0 Å². The van der Waals surface area contributed by atoms with Crippen LogP contribution in [0.1, 0.15) is 12.6 Å². The van der Waals surface area contributed by atoms with Gasteiger partial charge in [0.25, 0.3) is 0 Å². The van der Waals surface area contributed by atoms with Gasteiger partial charge in [-0.3, -0.25) is 9.78 Å². The molecule has 0 aromatic carbocycles. The lowest BCUT2D eigenvalue weighted by atomic mass is 10.3. The van der Waals surface area contributed by atoms with E-state index in [1.807, 2.05) is 6.92 Å². The second-order valence-corrected chi connectivity index (χ2v) is 4.00. The van der Waals surface area contributed by atoms with Crippen molar-refractivity contribution in [2.24, 2.45) is 0 Å². The largest absolute Gasteiger partial charge is 0.493 e. The van der Waals surface area contributed by atoms with Crippen LogP contribution in [0.4, 0.5) is 0 Å². The Labute approximate surface area is 113 Å². The molecule has 1 amide bonds. The quantitative estimate of drug-likeness (QED) is 0.786. The minimum absolute atomic E-state index is 0.0457. The number of methoxy groups -OCH3 is 2. The van der Waals surface area contributed by atoms with Crippen LogP contribution in [-0.2, 0) is 11.3 Å². The lowest BCUT2D eigenvalue weighted by Crippen LogP contribution is -2.35. The van der Waals surface area contributed by atoms with Crippen molar-refractivity contribution >= 4 is 5.91 Å². The molecule has 0 bridgehead atoms. The molecule has 0 spiro atoms. The van der Waals surface area contributed by atoms with E-state index in [0.29, 0.717) is 30.3 Å². The topological polar surface area (TPSA) is 63.7 Å². The van der Waals surface area contributed by atoms with Gasteiger partial charge in [0.1, 0.15) is 0 Å². The van der Waals surface area contributed by atoms with Crippen molar-refractivity contribution < 1.29 is 14.3 Å². The lowest BCUT2D eigenvalue weighted by Gasteiger charge is -2.15. The molecule has 0 atom stereocenters. The van der Waals surface area contributed by atoms with Crippen molar-refractivity contribution in [3.63, 3.8) is 0 Å². The molecule has 1 N–H and O–H groups in total. The summed E-state index contributed by atoms with van der Waals surface area (Å²) in [6.07, 6.45) is 1.65. The number of hydrogen-bond donors (Lipinski definition) is 1. The fourth-order valence-electron chi connectivity index (χ4n) is 1.58. The van der Waals surface area contributed by atoms with Crippen molar-refractivity contribution in [1.82, 2.24) is 15.2 Å². The average Bonchev–Trinajstić information content (AvgIpc) is 2.45. The van der Waals surface area contributed by atoms with Gasteiger partial charge in [-0.1, -0.05) is 0 Å². The van der Waals surface area contributed by atoms with E-state index in [0.717, 1.165) is 0 Å². The van der Waals surface area contributed by atoms with Crippen LogP contribution in [-0.4, -0.2) is 50.1 Å². The van der Waals surface area contributed by atoms with Crippen molar-refractivity contribution in [2.75, 3.05) is 34.4 Å². The number of rotatable bonds is 7. The summed E-state index contributed by atoms with van der Waals surface area (Å²) in [4.78, 5) is 17.5. The van der Waals surface area contributed by atoms with Crippen molar-refractivity contribution in [3.05, 3.63) is 18.0 Å². The molecule has 19 heavy (non-hydrogen) atoms. The molecule has 1 heterocycles. The van der Waals surface area contributed by atoms with Crippen molar-refractivity contribution in [2.45, 2.75) is 13.5 Å². The molecular weight excluding hydrogens is 246 g/mol. The molecule has 0 saturated heterocycles. The Morgan fingerprint density at radius 3 is 2.74 bits per heavy atom. The van der Waals surface area contributed by atoms with Crippen LogP contribution in [0.3, 0.4) is 0 Å². The third-order valence-electron chi connectivity index (χ3n) is 2.83. The van der Waals surface area contributed by atoms with E-state index in [9.17, 15) is 4.79 Å². The van der Waals surface area contributed by atoms with E-state index in [1.165, 1.54) is 0 Å². The fourth-order valence-corrected chi connectivity index (χ4v) is 1.58. The number of hydrogen-bond acceptors (Lipinski definition) is 5.